The van der Waals surface area contributed by atoms with E-state index in [9.17, 15) is 29.4 Å². The molecule has 39 heavy (non-hydrogen) atoms. The summed E-state index contributed by atoms with van der Waals surface area (Å²) >= 11 is 0. The lowest BCUT2D eigenvalue weighted by Crippen LogP contribution is -2.46. The lowest BCUT2D eigenvalue weighted by atomic mass is 9.70. The highest BCUT2D eigenvalue weighted by molar-refractivity contribution is 6.31. The number of ketones is 3. The van der Waals surface area contributed by atoms with Gasteiger partial charge in [0.25, 0.3) is 5.91 Å². The Labute approximate surface area is 225 Å². The first-order chi connectivity index (χ1) is 18.5. The molecule has 0 aromatic heterocycles. The summed E-state index contributed by atoms with van der Waals surface area (Å²) in [7, 11) is 0. The van der Waals surface area contributed by atoms with E-state index >= 15 is 0 Å². The van der Waals surface area contributed by atoms with Crippen LogP contribution in [0.3, 0.4) is 0 Å². The lowest BCUT2D eigenvalue weighted by Gasteiger charge is -2.34. The van der Waals surface area contributed by atoms with Crippen molar-refractivity contribution in [3.8, 4) is 17.2 Å². The SMILES string of the molecule is CC(=O)c1c(O)c(C)c(O)c2c1OC1=CC(=O)/C(=C(/C)NC3CCN(C(=O)c4ccccc4)CC3)C(=O)[C@]12C. The first-order valence-corrected chi connectivity index (χ1v) is 12.9. The van der Waals surface area contributed by atoms with Crippen LogP contribution in [0.1, 0.15) is 65.5 Å². The summed E-state index contributed by atoms with van der Waals surface area (Å²) in [5, 5.41) is 24.8. The minimum atomic E-state index is -1.56. The van der Waals surface area contributed by atoms with Gasteiger partial charge >= 0.3 is 0 Å². The summed E-state index contributed by atoms with van der Waals surface area (Å²) in [4.78, 5) is 54.0. The molecule has 3 N–H and O–H groups in total. The number of nitrogens with one attached hydrogen (secondary N) is 1. The zero-order chi connectivity index (χ0) is 28.2. The molecule has 1 amide bonds. The fraction of sp³-hybridized carbons (Fsp3) is 0.333. The Morgan fingerprint density at radius 3 is 2.31 bits per heavy atom. The van der Waals surface area contributed by atoms with Crippen molar-refractivity contribution in [3.63, 3.8) is 0 Å². The van der Waals surface area contributed by atoms with Crippen LogP contribution in [0.5, 0.6) is 17.2 Å². The van der Waals surface area contributed by atoms with Crippen LogP contribution in [-0.2, 0) is 15.0 Å². The molecule has 0 saturated carbocycles. The van der Waals surface area contributed by atoms with Gasteiger partial charge in [0.2, 0.25) is 0 Å². The maximum absolute atomic E-state index is 14.0. The number of aromatic hydroxyl groups is 2. The van der Waals surface area contributed by atoms with E-state index in [1.54, 1.807) is 30.9 Å². The fourth-order valence-electron chi connectivity index (χ4n) is 5.73. The summed E-state index contributed by atoms with van der Waals surface area (Å²) in [5.41, 5.74) is -0.625. The Morgan fingerprint density at radius 2 is 1.69 bits per heavy atom. The number of nitrogens with zero attached hydrogens (tertiary/aromatic N) is 1. The Balaban J connectivity index is 1.42. The number of Topliss-reactive ketones (excluding diaryl/α,β-unsaturated/α-hetero) is 2. The third kappa shape index (κ3) is 4.00. The molecule has 202 valence electrons. The van der Waals surface area contributed by atoms with Crippen LogP contribution in [0, 0.1) is 6.92 Å². The number of allylic oxidation sites excluding steroid dienone is 4. The van der Waals surface area contributed by atoms with E-state index in [0.29, 0.717) is 37.2 Å². The Hall–Kier alpha value is -4.40. The number of benzene rings is 2. The number of hydrogen-bond donors (Lipinski definition) is 3. The van der Waals surface area contributed by atoms with Crippen LogP contribution in [-0.4, -0.2) is 57.5 Å². The number of likely N-dealkylation sites (tertiary alicyclic amines) is 1. The molecule has 2 heterocycles. The van der Waals surface area contributed by atoms with Crippen molar-refractivity contribution < 1.29 is 34.1 Å². The fourth-order valence-corrected chi connectivity index (χ4v) is 5.73. The van der Waals surface area contributed by atoms with Crippen molar-refractivity contribution in [2.75, 3.05) is 13.1 Å². The second-order valence-electron chi connectivity index (χ2n) is 10.5. The molecular formula is C30H30N2O7. The van der Waals surface area contributed by atoms with E-state index in [1.165, 1.54) is 19.9 Å². The maximum atomic E-state index is 14.0. The van der Waals surface area contributed by atoms with Gasteiger partial charge in [-0.05, 0) is 52.7 Å². The van der Waals surface area contributed by atoms with Gasteiger partial charge in [0.15, 0.2) is 17.3 Å². The largest absolute Gasteiger partial charge is 0.507 e. The van der Waals surface area contributed by atoms with Crippen LogP contribution in [0.4, 0.5) is 0 Å². The van der Waals surface area contributed by atoms with Gasteiger partial charge in [-0.25, -0.2) is 0 Å². The average molecular weight is 531 g/mol. The highest BCUT2D eigenvalue weighted by Gasteiger charge is 2.56. The number of carbonyl (C=O) groups excluding carboxylic acids is 4. The highest BCUT2D eigenvalue weighted by atomic mass is 16.5. The summed E-state index contributed by atoms with van der Waals surface area (Å²) in [6, 6.07) is 9.03. The molecule has 9 heteroatoms. The standard InChI is InChI=1S/C30H30N2O7/c1-15-25(35)23(17(3)33)27-24(26(15)36)30(4)21(39-27)14-20(34)22(28(30)37)16(2)31-19-10-12-32(13-11-19)29(38)18-8-6-5-7-9-18/h5-9,14,19,31,35-36H,10-13H2,1-4H3/b22-16+/t30-/m1/s1. The quantitative estimate of drug-likeness (QED) is 0.311. The van der Waals surface area contributed by atoms with Crippen LogP contribution in [0.15, 0.2) is 53.4 Å². The number of hydrogen-bond acceptors (Lipinski definition) is 8. The van der Waals surface area contributed by atoms with Crippen LogP contribution in [0.25, 0.3) is 0 Å². The third-order valence-electron chi connectivity index (χ3n) is 7.98. The average Bonchev–Trinajstić information content (AvgIpc) is 3.20. The van der Waals surface area contributed by atoms with E-state index in [1.807, 2.05) is 18.2 Å². The van der Waals surface area contributed by atoms with Gasteiger partial charge in [0.05, 0.1) is 11.1 Å². The number of ether oxygens (including phenoxy) is 1. The highest BCUT2D eigenvalue weighted by Crippen LogP contribution is 2.57. The van der Waals surface area contributed by atoms with E-state index < -0.39 is 28.5 Å². The summed E-state index contributed by atoms with van der Waals surface area (Å²) in [5.74, 6) is -2.54. The van der Waals surface area contributed by atoms with Crippen molar-refractivity contribution in [1.82, 2.24) is 10.2 Å². The van der Waals surface area contributed by atoms with Gasteiger partial charge < -0.3 is 25.2 Å². The van der Waals surface area contributed by atoms with Crippen molar-refractivity contribution in [1.29, 1.82) is 0 Å². The number of amides is 1. The number of rotatable bonds is 4. The van der Waals surface area contributed by atoms with Crippen molar-refractivity contribution >= 4 is 23.3 Å². The van der Waals surface area contributed by atoms with E-state index in [4.69, 9.17) is 4.74 Å². The van der Waals surface area contributed by atoms with Crippen molar-refractivity contribution in [2.45, 2.75) is 52.0 Å². The second kappa shape index (κ2) is 9.41. The number of fused-ring (bicyclic) bond motifs is 3. The summed E-state index contributed by atoms with van der Waals surface area (Å²) < 4.78 is 5.81. The van der Waals surface area contributed by atoms with E-state index in [2.05, 4.69) is 5.32 Å². The van der Waals surface area contributed by atoms with Gasteiger partial charge in [0.1, 0.15) is 34.0 Å². The number of piperidine rings is 1. The first-order valence-electron chi connectivity index (χ1n) is 12.9. The molecule has 1 saturated heterocycles. The van der Waals surface area contributed by atoms with Gasteiger partial charge in [-0.2, -0.15) is 0 Å². The minimum absolute atomic E-state index is 0.000387. The molecule has 5 rings (SSSR count). The van der Waals surface area contributed by atoms with Crippen LogP contribution >= 0.6 is 0 Å². The molecule has 0 spiro atoms. The van der Waals surface area contributed by atoms with Crippen molar-refractivity contribution in [3.05, 3.63) is 75.7 Å². The Morgan fingerprint density at radius 1 is 1.05 bits per heavy atom. The molecule has 3 aliphatic rings. The van der Waals surface area contributed by atoms with Crippen LogP contribution < -0.4 is 10.1 Å². The molecule has 9 nitrogen and oxygen atoms in total. The second-order valence-corrected chi connectivity index (χ2v) is 10.5. The van der Waals surface area contributed by atoms with Gasteiger partial charge in [-0.15, -0.1) is 0 Å². The first kappa shape index (κ1) is 26.2. The Kier molecular flexibility index (Phi) is 6.33. The predicted octanol–water partition coefficient (Wildman–Crippen LogP) is 3.46. The normalized spacial score (nSPS) is 22.1. The predicted molar refractivity (Wildman–Crippen MR) is 142 cm³/mol. The van der Waals surface area contributed by atoms with E-state index in [-0.39, 0.29) is 51.5 Å². The van der Waals surface area contributed by atoms with E-state index in [0.717, 1.165) is 0 Å². The minimum Gasteiger partial charge on any atom is -0.507 e. The zero-order valence-corrected chi connectivity index (χ0v) is 22.3. The van der Waals surface area contributed by atoms with Crippen LogP contribution in [0.2, 0.25) is 0 Å². The molecule has 0 radical (unpaired) electrons. The number of phenolic OH excluding ortho intramolecular Hbond substituents is 2. The number of phenols is 2. The zero-order valence-electron chi connectivity index (χ0n) is 22.3. The molecule has 2 aromatic rings. The number of carbonyl (C=O) groups is 4. The smallest absolute Gasteiger partial charge is 0.253 e. The molecule has 1 fully saturated rings. The van der Waals surface area contributed by atoms with Gasteiger partial charge in [-0.1, -0.05) is 18.2 Å². The molecule has 2 aliphatic heterocycles. The topological polar surface area (TPSA) is 133 Å². The lowest BCUT2D eigenvalue weighted by molar-refractivity contribution is -0.123. The third-order valence-corrected chi connectivity index (χ3v) is 7.98. The molecule has 0 unspecified atom stereocenters. The van der Waals surface area contributed by atoms with Gasteiger partial charge in [0, 0.05) is 42.0 Å². The molecule has 1 aliphatic carbocycles. The monoisotopic (exact) mass is 530 g/mol. The molecule has 0 bridgehead atoms. The summed E-state index contributed by atoms with van der Waals surface area (Å²) in [6.45, 7) is 6.96. The summed E-state index contributed by atoms with van der Waals surface area (Å²) in [6.07, 6.45) is 2.48. The molecular weight excluding hydrogens is 500 g/mol. The molecule has 2 aromatic carbocycles. The Bertz CT molecular complexity index is 1500. The van der Waals surface area contributed by atoms with Crippen molar-refractivity contribution in [2.24, 2.45) is 0 Å². The van der Waals surface area contributed by atoms with Gasteiger partial charge in [-0.3, -0.25) is 19.2 Å². The maximum Gasteiger partial charge on any atom is 0.253 e. The molecule has 1 atom stereocenters.